The zero-order valence-corrected chi connectivity index (χ0v) is 20.5. The molecule has 0 saturated heterocycles. The van der Waals surface area contributed by atoms with Crippen LogP contribution in [-0.2, 0) is 0 Å². The predicted molar refractivity (Wildman–Crippen MR) is 126 cm³/mol. The summed E-state index contributed by atoms with van der Waals surface area (Å²) in [6.45, 7) is 2.03. The fourth-order valence-corrected chi connectivity index (χ4v) is 3.44. The van der Waals surface area contributed by atoms with Crippen molar-refractivity contribution in [2.75, 3.05) is 19.8 Å². The van der Waals surface area contributed by atoms with Gasteiger partial charge in [0.1, 0.15) is 0 Å². The fraction of sp³-hybridized carbons (Fsp3) is 0.263. The van der Waals surface area contributed by atoms with Crippen molar-refractivity contribution in [1.82, 2.24) is 9.97 Å². The number of thiazole rings is 2. The molecule has 4 aromatic rings. The van der Waals surface area contributed by atoms with Crippen molar-refractivity contribution in [3.63, 3.8) is 0 Å². The average molecular weight is 464 g/mol. The molecule has 2 aromatic heterocycles. The average Bonchev–Trinajstić information content (AvgIpc) is 3.17. The molecular weight excluding hydrogens is 433 g/mol. The summed E-state index contributed by atoms with van der Waals surface area (Å²) in [5, 5.41) is 10.6. The van der Waals surface area contributed by atoms with Crippen LogP contribution in [0.4, 0.5) is 5.13 Å². The maximum Gasteiger partial charge on any atom is 1.00 e. The zero-order valence-electron chi connectivity index (χ0n) is 16.7. The molecule has 156 valence electrons. The Bertz CT molecular complexity index is 824. The number of benzene rings is 2. The number of nitro groups is 1. The van der Waals surface area contributed by atoms with Crippen LogP contribution in [-0.4, -0.2) is 29.0 Å². The molecule has 0 aliphatic heterocycles. The van der Waals surface area contributed by atoms with Gasteiger partial charge in [0.25, 0.3) is 0 Å². The standard InChI is InChI=1S/C8H7NS.C7H6N2S.CH3NO2.CH5N.2CH4.K.H/c1-6-9-7-4-2-3-5-8(7)10-6;8-7-9-5-3-1-2-4-6(5)10-7;1-2(3)4;1-2;;;;/h2-5H,1H3;1-4H,(H2,8,9);1H3;2H2,1H3;2*1H4;;/q;;;;;;+1;-1. The van der Waals surface area contributed by atoms with E-state index in [9.17, 15) is 0 Å². The number of rotatable bonds is 0. The Balaban J connectivity index is -0.000000163. The Labute approximate surface area is 224 Å². The molecular formula is C19H30KN5O2S2. The number of nitrogens with zero attached hydrogens (tertiary/aromatic N) is 3. The quantitative estimate of drug-likeness (QED) is 0.234. The van der Waals surface area contributed by atoms with E-state index in [1.807, 2.05) is 49.4 Å². The molecule has 0 spiro atoms. The van der Waals surface area contributed by atoms with Gasteiger partial charge in [-0.1, -0.05) is 50.5 Å². The van der Waals surface area contributed by atoms with Crippen LogP contribution < -0.4 is 62.9 Å². The Kier molecular flexibility index (Phi) is 20.1. The Morgan fingerprint density at radius 2 is 1.31 bits per heavy atom. The molecule has 0 radical (unpaired) electrons. The number of aromatic nitrogens is 2. The fourth-order valence-electron chi connectivity index (χ4n) is 1.88. The first-order valence-electron chi connectivity index (χ1n) is 7.54. The van der Waals surface area contributed by atoms with Crippen molar-refractivity contribution < 1.29 is 57.7 Å². The molecule has 10 heteroatoms. The Morgan fingerprint density at radius 1 is 0.931 bits per heavy atom. The maximum absolute atomic E-state index is 8.81. The van der Waals surface area contributed by atoms with Gasteiger partial charge in [0.05, 0.1) is 25.4 Å². The van der Waals surface area contributed by atoms with Crippen LogP contribution in [0.5, 0.6) is 0 Å². The van der Waals surface area contributed by atoms with Crippen LogP contribution in [0, 0.1) is 17.0 Å². The van der Waals surface area contributed by atoms with Crippen LogP contribution in [0.1, 0.15) is 21.3 Å². The number of nitrogen functional groups attached to an aromatic ring is 1. The second kappa shape index (κ2) is 17.8. The topological polar surface area (TPSA) is 121 Å². The molecule has 0 atom stereocenters. The molecule has 0 bridgehead atoms. The van der Waals surface area contributed by atoms with Crippen LogP contribution in [0.3, 0.4) is 0 Å². The third-order valence-electron chi connectivity index (χ3n) is 2.71. The third-order valence-corrected chi connectivity index (χ3v) is 4.53. The summed E-state index contributed by atoms with van der Waals surface area (Å²) >= 11 is 3.26. The largest absolute Gasteiger partial charge is 1.00 e. The molecule has 4 rings (SSSR count). The van der Waals surface area contributed by atoms with Gasteiger partial charge in [0.2, 0.25) is 0 Å². The molecule has 0 amide bonds. The van der Waals surface area contributed by atoms with Crippen molar-refractivity contribution in [3.05, 3.63) is 63.7 Å². The van der Waals surface area contributed by atoms with Gasteiger partial charge in [-0.25, -0.2) is 9.97 Å². The van der Waals surface area contributed by atoms with E-state index in [0.717, 1.165) is 27.8 Å². The molecule has 4 N–H and O–H groups in total. The first-order valence-corrected chi connectivity index (χ1v) is 9.18. The van der Waals surface area contributed by atoms with Crippen LogP contribution >= 0.6 is 22.7 Å². The summed E-state index contributed by atoms with van der Waals surface area (Å²) in [7, 11) is 2.39. The molecule has 2 heterocycles. The number of hydrogen-bond acceptors (Lipinski definition) is 8. The van der Waals surface area contributed by atoms with Crippen molar-refractivity contribution >= 4 is 48.2 Å². The predicted octanol–water partition coefficient (Wildman–Crippen LogP) is 2.34. The third kappa shape index (κ3) is 12.3. The molecule has 0 fully saturated rings. The van der Waals surface area contributed by atoms with Gasteiger partial charge in [-0.05, 0) is 38.2 Å². The molecule has 29 heavy (non-hydrogen) atoms. The van der Waals surface area contributed by atoms with E-state index in [4.69, 9.17) is 15.8 Å². The van der Waals surface area contributed by atoms with E-state index < -0.39 is 4.92 Å². The van der Waals surface area contributed by atoms with Crippen LogP contribution in [0.15, 0.2) is 48.5 Å². The van der Waals surface area contributed by atoms with E-state index in [-0.39, 0.29) is 67.7 Å². The number of hydrogen-bond donors (Lipinski definition) is 2. The van der Waals surface area contributed by atoms with Gasteiger partial charge >= 0.3 is 51.4 Å². The molecule has 7 nitrogen and oxygen atoms in total. The van der Waals surface area contributed by atoms with Gasteiger partial charge in [0, 0.05) is 4.92 Å². The second-order valence-electron chi connectivity index (χ2n) is 4.66. The van der Waals surface area contributed by atoms with Crippen LogP contribution in [0.25, 0.3) is 20.4 Å². The molecule has 0 aliphatic rings. The first kappa shape index (κ1) is 32.7. The van der Waals surface area contributed by atoms with E-state index in [2.05, 4.69) is 21.8 Å². The number of fused-ring (bicyclic) bond motifs is 2. The Morgan fingerprint density at radius 3 is 1.72 bits per heavy atom. The van der Waals surface area contributed by atoms with E-state index in [1.165, 1.54) is 23.1 Å². The number of aryl methyl sites for hydroxylation is 1. The summed E-state index contributed by atoms with van der Waals surface area (Å²) in [5.41, 5.74) is 12.1. The Hall–Kier alpha value is -0.984. The van der Waals surface area contributed by atoms with Gasteiger partial charge in [0.15, 0.2) is 12.2 Å². The minimum atomic E-state index is -0.500. The smallest absolute Gasteiger partial charge is 1.00 e. The zero-order chi connectivity index (χ0) is 19.5. The number of anilines is 1. The van der Waals surface area contributed by atoms with Crippen molar-refractivity contribution in [1.29, 1.82) is 0 Å². The van der Waals surface area contributed by atoms with Gasteiger partial charge in [-0.3, -0.25) is 10.1 Å². The SMILES string of the molecule is C.C.CN.C[N+](=O)[O-].Cc1nc2ccccc2s1.Nc1nc2ccccc2s1.[H-].[K+]. The van der Waals surface area contributed by atoms with E-state index in [0.29, 0.717) is 5.13 Å². The molecule has 0 unspecified atom stereocenters. The van der Waals surface area contributed by atoms with Crippen molar-refractivity contribution in [2.24, 2.45) is 5.73 Å². The normalized spacial score (nSPS) is 8.28. The van der Waals surface area contributed by atoms with E-state index in [1.54, 1.807) is 11.3 Å². The first-order chi connectivity index (χ1) is 12.5. The molecule has 0 aliphatic carbocycles. The maximum atomic E-state index is 8.81. The summed E-state index contributed by atoms with van der Waals surface area (Å²) < 4.78 is 2.43. The van der Waals surface area contributed by atoms with Gasteiger partial charge < -0.3 is 12.9 Å². The minimum absolute atomic E-state index is 0. The van der Waals surface area contributed by atoms with E-state index >= 15 is 0 Å². The van der Waals surface area contributed by atoms with Gasteiger partial charge in [-0.15, -0.1) is 11.3 Å². The summed E-state index contributed by atoms with van der Waals surface area (Å²) in [6, 6.07) is 16.1. The summed E-state index contributed by atoms with van der Waals surface area (Å²) in [5.74, 6) is 0. The number of para-hydroxylation sites is 2. The van der Waals surface area contributed by atoms with Crippen LogP contribution in [0.2, 0.25) is 0 Å². The second-order valence-corrected chi connectivity index (χ2v) is 6.96. The minimum Gasteiger partial charge on any atom is -1.00 e. The summed E-state index contributed by atoms with van der Waals surface area (Å²) in [4.78, 5) is 16.7. The number of nitrogens with two attached hydrogens (primary N) is 2. The monoisotopic (exact) mass is 463 g/mol. The molecule has 0 saturated carbocycles. The van der Waals surface area contributed by atoms with Crippen molar-refractivity contribution in [3.8, 4) is 0 Å². The molecule has 2 aromatic carbocycles. The summed E-state index contributed by atoms with van der Waals surface area (Å²) in [6.07, 6.45) is 0. The van der Waals surface area contributed by atoms with Gasteiger partial charge in [-0.2, -0.15) is 0 Å². The van der Waals surface area contributed by atoms with Crippen molar-refractivity contribution in [2.45, 2.75) is 21.8 Å².